The molecule has 0 aromatic carbocycles. The van der Waals surface area contributed by atoms with Crippen LogP contribution >= 0.6 is 0 Å². The summed E-state index contributed by atoms with van der Waals surface area (Å²) in [4.78, 5) is 25.1. The molecule has 0 N–H and O–H groups in total. The predicted octanol–water partition coefficient (Wildman–Crippen LogP) is 1.12. The van der Waals surface area contributed by atoms with E-state index in [1.807, 2.05) is 40.8 Å². The van der Waals surface area contributed by atoms with Gasteiger partial charge in [-0.15, -0.1) is 0 Å². The first-order valence-electron chi connectivity index (χ1n) is 8.50. The van der Waals surface area contributed by atoms with Crippen molar-refractivity contribution in [2.24, 2.45) is 0 Å². The van der Waals surface area contributed by atoms with E-state index in [9.17, 15) is 4.79 Å². The minimum absolute atomic E-state index is 0.149. The lowest BCUT2D eigenvalue weighted by Gasteiger charge is -2.33. The highest BCUT2D eigenvalue weighted by atomic mass is 16.5. The summed E-state index contributed by atoms with van der Waals surface area (Å²) in [5.74, 6) is 0.927. The van der Waals surface area contributed by atoms with Gasteiger partial charge in [-0.1, -0.05) is 0 Å². The van der Waals surface area contributed by atoms with Gasteiger partial charge in [0.2, 0.25) is 5.91 Å². The van der Waals surface area contributed by atoms with E-state index in [4.69, 9.17) is 4.74 Å². The van der Waals surface area contributed by atoms with Crippen LogP contribution in [0.5, 0.6) is 0 Å². The van der Waals surface area contributed by atoms with Gasteiger partial charge in [-0.05, 0) is 12.5 Å². The quantitative estimate of drug-likeness (QED) is 0.782. The largest absolute Gasteiger partial charge is 0.368 e. The zero-order valence-corrected chi connectivity index (χ0v) is 14.7. The van der Waals surface area contributed by atoms with Gasteiger partial charge in [-0.25, -0.2) is 4.98 Å². The fourth-order valence-electron chi connectivity index (χ4n) is 2.94. The molecule has 25 heavy (non-hydrogen) atoms. The molecule has 0 aliphatic carbocycles. The molecule has 0 unspecified atom stereocenters. The number of aromatic nitrogens is 4. The first-order valence-corrected chi connectivity index (χ1v) is 8.50. The molecule has 1 saturated heterocycles. The molecule has 1 fully saturated rings. The zero-order chi connectivity index (χ0) is 17.6. The number of carbonyl (C=O) groups is 1. The molecule has 2 aromatic heterocycles. The third-order valence-electron chi connectivity index (χ3n) is 4.19. The number of morpholine rings is 1. The van der Waals surface area contributed by atoms with Crippen molar-refractivity contribution in [1.29, 1.82) is 0 Å². The maximum absolute atomic E-state index is 12.5. The molecule has 2 aromatic rings. The summed E-state index contributed by atoms with van der Waals surface area (Å²) in [6, 6.07) is 1.89. The highest BCUT2D eigenvalue weighted by molar-refractivity contribution is 5.76. The second-order valence-electron chi connectivity index (χ2n) is 6.23. The second-order valence-corrected chi connectivity index (χ2v) is 6.23. The topological polar surface area (TPSA) is 76.4 Å². The Kier molecular flexibility index (Phi) is 5.60. The van der Waals surface area contributed by atoms with Crippen molar-refractivity contribution in [3.8, 4) is 0 Å². The number of anilines is 1. The normalized spacial score (nSPS) is 17.5. The fraction of sp³-hybridized carbons (Fsp3) is 0.529. The Morgan fingerprint density at radius 3 is 2.92 bits per heavy atom. The number of amides is 1. The van der Waals surface area contributed by atoms with Crippen LogP contribution in [0, 0.1) is 0 Å². The van der Waals surface area contributed by atoms with Crippen LogP contribution in [0.1, 0.15) is 24.6 Å². The molecule has 8 nitrogen and oxygen atoms in total. The van der Waals surface area contributed by atoms with Crippen LogP contribution in [0.4, 0.5) is 5.82 Å². The molecule has 0 spiro atoms. The summed E-state index contributed by atoms with van der Waals surface area (Å²) in [5, 5.41) is 4.16. The molecule has 1 atom stereocenters. The molecule has 1 aliphatic rings. The molecule has 3 heterocycles. The number of carbonyl (C=O) groups excluding carboxylic acids is 1. The molecule has 1 aliphatic heterocycles. The van der Waals surface area contributed by atoms with Crippen molar-refractivity contribution < 1.29 is 9.53 Å². The van der Waals surface area contributed by atoms with Gasteiger partial charge in [0.15, 0.2) is 5.82 Å². The highest BCUT2D eigenvalue weighted by Crippen LogP contribution is 2.26. The van der Waals surface area contributed by atoms with Gasteiger partial charge >= 0.3 is 0 Å². The van der Waals surface area contributed by atoms with E-state index in [0.29, 0.717) is 26.1 Å². The summed E-state index contributed by atoms with van der Waals surface area (Å²) in [7, 11) is 3.85. The lowest BCUT2D eigenvalue weighted by atomic mass is 10.1. The molecule has 8 heteroatoms. The average Bonchev–Trinajstić information content (AvgIpc) is 3.15. The van der Waals surface area contributed by atoms with Crippen molar-refractivity contribution in [1.82, 2.24) is 24.6 Å². The highest BCUT2D eigenvalue weighted by Gasteiger charge is 2.28. The van der Waals surface area contributed by atoms with Crippen LogP contribution in [-0.4, -0.2) is 64.3 Å². The van der Waals surface area contributed by atoms with E-state index < -0.39 is 0 Å². The van der Waals surface area contributed by atoms with Gasteiger partial charge in [0.05, 0.1) is 13.2 Å². The Morgan fingerprint density at radius 2 is 2.16 bits per heavy atom. The molecule has 0 bridgehead atoms. The SMILES string of the molecule is CN(C)c1nccnc1[C@@H]1CN(C(=O)CCCn2cccn2)CCO1. The summed E-state index contributed by atoms with van der Waals surface area (Å²) >= 11 is 0. The molecule has 1 amide bonds. The number of aryl methyl sites for hydroxylation is 1. The summed E-state index contributed by atoms with van der Waals surface area (Å²) in [6.07, 6.45) is 8.03. The van der Waals surface area contributed by atoms with E-state index in [1.54, 1.807) is 18.6 Å². The number of ether oxygens (including phenoxy) is 1. The third kappa shape index (κ3) is 4.33. The Labute approximate surface area is 147 Å². The van der Waals surface area contributed by atoms with Crippen molar-refractivity contribution in [2.75, 3.05) is 38.7 Å². The van der Waals surface area contributed by atoms with Crippen LogP contribution in [-0.2, 0) is 16.1 Å². The lowest BCUT2D eigenvalue weighted by molar-refractivity contribution is -0.139. The lowest BCUT2D eigenvalue weighted by Crippen LogP contribution is -2.42. The number of hydrogen-bond acceptors (Lipinski definition) is 6. The molecular weight excluding hydrogens is 320 g/mol. The Hall–Kier alpha value is -2.48. The van der Waals surface area contributed by atoms with Gasteiger partial charge in [0.25, 0.3) is 0 Å². The van der Waals surface area contributed by atoms with E-state index in [0.717, 1.165) is 24.5 Å². The van der Waals surface area contributed by atoms with Crippen molar-refractivity contribution >= 4 is 11.7 Å². The average molecular weight is 344 g/mol. The monoisotopic (exact) mass is 344 g/mol. The Morgan fingerprint density at radius 1 is 1.32 bits per heavy atom. The molecule has 134 valence electrons. The van der Waals surface area contributed by atoms with Gasteiger partial charge < -0.3 is 14.5 Å². The van der Waals surface area contributed by atoms with E-state index in [2.05, 4.69) is 15.1 Å². The van der Waals surface area contributed by atoms with Crippen LogP contribution in [0.2, 0.25) is 0 Å². The van der Waals surface area contributed by atoms with Crippen LogP contribution < -0.4 is 4.90 Å². The van der Waals surface area contributed by atoms with Crippen LogP contribution in [0.15, 0.2) is 30.9 Å². The van der Waals surface area contributed by atoms with E-state index >= 15 is 0 Å². The van der Waals surface area contributed by atoms with E-state index in [1.165, 1.54) is 0 Å². The predicted molar refractivity (Wildman–Crippen MR) is 93.1 cm³/mol. The smallest absolute Gasteiger partial charge is 0.222 e. The second kappa shape index (κ2) is 8.06. The van der Waals surface area contributed by atoms with Gasteiger partial charge in [-0.3, -0.25) is 14.5 Å². The van der Waals surface area contributed by atoms with Crippen molar-refractivity contribution in [3.05, 3.63) is 36.5 Å². The number of rotatable bonds is 6. The van der Waals surface area contributed by atoms with Gasteiger partial charge in [0, 0.05) is 58.4 Å². The summed E-state index contributed by atoms with van der Waals surface area (Å²) in [6.45, 7) is 2.40. The van der Waals surface area contributed by atoms with Crippen molar-refractivity contribution in [2.45, 2.75) is 25.5 Å². The molecule has 0 radical (unpaired) electrons. The van der Waals surface area contributed by atoms with Crippen LogP contribution in [0.25, 0.3) is 0 Å². The minimum Gasteiger partial charge on any atom is -0.368 e. The van der Waals surface area contributed by atoms with Gasteiger partial charge in [-0.2, -0.15) is 5.10 Å². The Bertz CT molecular complexity index is 688. The molecule has 0 saturated carbocycles. The van der Waals surface area contributed by atoms with E-state index in [-0.39, 0.29) is 12.0 Å². The fourth-order valence-corrected chi connectivity index (χ4v) is 2.94. The first-order chi connectivity index (χ1) is 12.1. The minimum atomic E-state index is -0.241. The van der Waals surface area contributed by atoms with Crippen LogP contribution in [0.3, 0.4) is 0 Å². The maximum Gasteiger partial charge on any atom is 0.222 e. The van der Waals surface area contributed by atoms with Crippen molar-refractivity contribution in [3.63, 3.8) is 0 Å². The van der Waals surface area contributed by atoms with Gasteiger partial charge in [0.1, 0.15) is 11.8 Å². The number of hydrogen-bond donors (Lipinski definition) is 0. The summed E-state index contributed by atoms with van der Waals surface area (Å²) < 4.78 is 7.71. The third-order valence-corrected chi connectivity index (χ3v) is 4.19. The Balaban J connectivity index is 1.58. The molecule has 3 rings (SSSR count). The maximum atomic E-state index is 12.5. The summed E-state index contributed by atoms with van der Waals surface area (Å²) in [5.41, 5.74) is 0.779. The standard InChI is InChI=1S/C17H24N6O2/c1-21(2)17-16(18-7-8-19-17)14-13-22(11-12-25-14)15(24)5-3-9-23-10-4-6-20-23/h4,6-8,10,14H,3,5,9,11-13H2,1-2H3/t14-/m0/s1. The molecular formula is C17H24N6O2. The first kappa shape index (κ1) is 17.3. The zero-order valence-electron chi connectivity index (χ0n) is 14.7. The number of nitrogens with zero attached hydrogens (tertiary/aromatic N) is 6.